The van der Waals surface area contributed by atoms with Gasteiger partial charge < -0.3 is 20.7 Å². The Morgan fingerprint density at radius 2 is 1.83 bits per heavy atom. The van der Waals surface area contributed by atoms with Crippen LogP contribution in [0, 0.1) is 28.9 Å². The Labute approximate surface area is 309 Å². The predicted molar refractivity (Wildman–Crippen MR) is 197 cm³/mol. The molecular weight excluding hydrogens is 721 g/mol. The molecule has 53 heavy (non-hydrogen) atoms. The van der Waals surface area contributed by atoms with E-state index in [1.807, 2.05) is 0 Å². The molecule has 3 fully saturated rings. The van der Waals surface area contributed by atoms with Crippen LogP contribution in [-0.4, -0.2) is 78.2 Å². The molecule has 16 heteroatoms. The molecule has 3 saturated heterocycles. The van der Waals surface area contributed by atoms with Crippen molar-refractivity contribution < 1.29 is 35.9 Å². The van der Waals surface area contributed by atoms with E-state index < -0.39 is 40.6 Å². The fourth-order valence-electron chi connectivity index (χ4n) is 6.47. The highest BCUT2D eigenvalue weighted by Crippen LogP contribution is 2.47. The number of hydrogen-bond acceptors (Lipinski definition) is 9. The van der Waals surface area contributed by atoms with E-state index in [-0.39, 0.29) is 50.0 Å². The maximum atomic E-state index is 15.9. The summed E-state index contributed by atoms with van der Waals surface area (Å²) in [4.78, 5) is 21.9. The summed E-state index contributed by atoms with van der Waals surface area (Å²) in [6.07, 6.45) is 1.13. The van der Waals surface area contributed by atoms with Crippen LogP contribution in [0.2, 0.25) is 0 Å². The van der Waals surface area contributed by atoms with Crippen molar-refractivity contribution in [2.75, 3.05) is 50.9 Å². The van der Waals surface area contributed by atoms with Crippen molar-refractivity contribution >= 4 is 49.6 Å². The Balaban J connectivity index is 0.000000251. The fraction of sp³-hybridized carbons (Fsp3) is 0.514. The summed E-state index contributed by atoms with van der Waals surface area (Å²) in [5.41, 5.74) is 2.59. The van der Waals surface area contributed by atoms with Gasteiger partial charge in [0.25, 0.3) is 0 Å². The number of likely N-dealkylation sites (tertiary alicyclic amines) is 1. The molecule has 5 heterocycles. The normalized spacial score (nSPS) is 18.1. The van der Waals surface area contributed by atoms with Gasteiger partial charge in [-0.15, -0.1) is 11.3 Å². The van der Waals surface area contributed by atoms with Crippen molar-refractivity contribution in [3.05, 3.63) is 41.0 Å². The van der Waals surface area contributed by atoms with Gasteiger partial charge in [0.2, 0.25) is 6.41 Å². The first-order chi connectivity index (χ1) is 25.1. The van der Waals surface area contributed by atoms with Crippen LogP contribution in [0.5, 0.6) is 6.01 Å². The molecule has 2 unspecified atom stereocenters. The number of nitriles is 1. The summed E-state index contributed by atoms with van der Waals surface area (Å²) in [5.74, 6) is -1.32. The van der Waals surface area contributed by atoms with Gasteiger partial charge in [-0.3, -0.25) is 9.69 Å². The number of ether oxygens (including phenoxy) is 1. The molecule has 288 valence electrons. The van der Waals surface area contributed by atoms with Crippen LogP contribution in [-0.2, 0) is 11.0 Å². The third kappa shape index (κ3) is 9.80. The summed E-state index contributed by atoms with van der Waals surface area (Å²) in [6.45, 7) is 12.3. The molecule has 0 aliphatic carbocycles. The minimum absolute atomic E-state index is 0.0444. The molecule has 4 aromatic rings. The van der Waals surface area contributed by atoms with Crippen LogP contribution in [0.15, 0.2) is 18.2 Å². The summed E-state index contributed by atoms with van der Waals surface area (Å²) >= 11 is 0.698. The van der Waals surface area contributed by atoms with Crippen molar-refractivity contribution in [2.24, 2.45) is 5.92 Å². The molecule has 3 aliphatic heterocycles. The van der Waals surface area contributed by atoms with E-state index in [1.165, 1.54) is 32.8 Å². The molecule has 9 nitrogen and oxygen atoms in total. The number of methoxy groups -OCH3 is 1. The quantitative estimate of drug-likeness (QED) is 0.153. The molecule has 7 rings (SSSR count). The summed E-state index contributed by atoms with van der Waals surface area (Å²) < 4.78 is 90.2. The molecule has 0 bridgehead atoms. The Hall–Kier alpha value is -4.36. The highest BCUT2D eigenvalue weighted by atomic mass is 32.1. The second-order valence-corrected chi connectivity index (χ2v) is 14.6. The lowest BCUT2D eigenvalue weighted by Gasteiger charge is -2.18. The lowest BCUT2D eigenvalue weighted by atomic mass is 9.92. The molecule has 3 aliphatic rings. The monoisotopic (exact) mass is 765 g/mol. The van der Waals surface area contributed by atoms with Crippen LogP contribution >= 0.6 is 11.3 Å². The molecule has 2 atom stereocenters. The van der Waals surface area contributed by atoms with Gasteiger partial charge in [-0.25, -0.2) is 13.2 Å². The number of anilines is 2. The van der Waals surface area contributed by atoms with E-state index >= 15 is 4.39 Å². The van der Waals surface area contributed by atoms with E-state index in [1.54, 1.807) is 17.9 Å². The number of nitrogen functional groups attached to an aromatic ring is 1. The fourth-order valence-corrected chi connectivity index (χ4v) is 7.42. The zero-order valence-corrected chi connectivity index (χ0v) is 31.2. The molecule has 0 saturated carbocycles. The molecule has 1 amide bonds. The zero-order chi connectivity index (χ0) is 39.0. The number of thiophene rings is 1. The Bertz CT molecular complexity index is 1910. The third-order valence-electron chi connectivity index (χ3n) is 8.69. The third-order valence-corrected chi connectivity index (χ3v) is 9.72. The van der Waals surface area contributed by atoms with E-state index in [4.69, 9.17) is 10.5 Å². The van der Waals surface area contributed by atoms with Gasteiger partial charge in [-0.05, 0) is 69.2 Å². The first-order valence-corrected chi connectivity index (χ1v) is 18.3. The Kier molecular flexibility index (Phi) is 14.1. The maximum Gasteiger partial charge on any atom is 0.417 e. The van der Waals surface area contributed by atoms with Crippen LogP contribution in [0.3, 0.4) is 0 Å². The SMILES string of the molecule is CC(C)C.CCNc1nc(OC)nc2c(F)c(-c3ccc(F)c4sc(N)c(C#N)c34)c(C(F)(F)F)cc12.FC1CC2CCCN2C1.O=CN1CCCC1. The number of halogens is 6. The summed E-state index contributed by atoms with van der Waals surface area (Å²) in [6, 6.07) is 4.75. The molecule has 3 N–H and O–H groups in total. The lowest BCUT2D eigenvalue weighted by Crippen LogP contribution is -2.22. The van der Waals surface area contributed by atoms with E-state index in [0.29, 0.717) is 23.9 Å². The van der Waals surface area contributed by atoms with Crippen molar-refractivity contribution in [3.8, 4) is 23.2 Å². The van der Waals surface area contributed by atoms with Gasteiger partial charge in [0.1, 0.15) is 34.4 Å². The van der Waals surface area contributed by atoms with Crippen LogP contribution in [0.1, 0.15) is 70.9 Å². The van der Waals surface area contributed by atoms with Crippen molar-refractivity contribution in [2.45, 2.75) is 78.2 Å². The van der Waals surface area contributed by atoms with Crippen molar-refractivity contribution in [1.82, 2.24) is 19.8 Å². The zero-order valence-electron chi connectivity index (χ0n) is 30.4. The van der Waals surface area contributed by atoms with Gasteiger partial charge in [-0.2, -0.15) is 28.4 Å². The highest BCUT2D eigenvalue weighted by molar-refractivity contribution is 7.23. The van der Waals surface area contributed by atoms with E-state index in [9.17, 15) is 32.0 Å². The summed E-state index contributed by atoms with van der Waals surface area (Å²) in [5, 5.41) is 11.8. The predicted octanol–water partition coefficient (Wildman–Crippen LogP) is 8.80. The molecule has 0 radical (unpaired) electrons. The number of hydrogen-bond donors (Lipinski definition) is 2. The lowest BCUT2D eigenvalue weighted by molar-refractivity contribution is -0.137. The number of amides is 1. The van der Waals surface area contributed by atoms with Crippen molar-refractivity contribution in [3.63, 3.8) is 0 Å². The van der Waals surface area contributed by atoms with E-state index in [2.05, 4.69) is 41.0 Å². The standard InChI is InChI=1S/C21H14F5N5OS.C7H12FN.C5H9NO.C4H10/c1-3-29-19-9-6-11(21(24,25)26)14(15(23)16(9)30-20(31-19)32-2)8-4-5-12(22)17-13(8)10(7-27)18(28)33-17;8-6-4-7-2-1-3-9(7)5-6;7-5-6-3-1-2-4-6;1-4(2)3/h4-6H,3,28H2,1-2H3,(H,29,30,31);6-7H,1-5H2;5H,1-4H2;4H,1-3H3. The topological polar surface area (TPSA) is 120 Å². The number of nitrogens with two attached hydrogens (primary N) is 1. The average molecular weight is 766 g/mol. The molecule has 0 spiro atoms. The molecule has 2 aromatic heterocycles. The minimum Gasteiger partial charge on any atom is -0.467 e. The largest absolute Gasteiger partial charge is 0.467 e. The smallest absolute Gasteiger partial charge is 0.417 e. The first-order valence-electron chi connectivity index (χ1n) is 17.5. The number of rotatable bonds is 5. The van der Waals surface area contributed by atoms with Gasteiger partial charge in [0.05, 0.1) is 22.9 Å². The van der Waals surface area contributed by atoms with Crippen LogP contribution in [0.4, 0.5) is 37.2 Å². The van der Waals surface area contributed by atoms with E-state index in [0.717, 1.165) is 56.6 Å². The number of alkyl halides is 4. The Morgan fingerprint density at radius 3 is 2.38 bits per heavy atom. The summed E-state index contributed by atoms with van der Waals surface area (Å²) in [7, 11) is 1.23. The van der Waals surface area contributed by atoms with Crippen LogP contribution in [0.25, 0.3) is 32.1 Å². The van der Waals surface area contributed by atoms with Crippen molar-refractivity contribution in [1.29, 1.82) is 5.26 Å². The first kappa shape index (κ1) is 41.4. The highest BCUT2D eigenvalue weighted by Gasteiger charge is 2.38. The number of carbonyl (C=O) groups is 1. The van der Waals surface area contributed by atoms with Crippen LogP contribution < -0.4 is 15.8 Å². The average Bonchev–Trinajstić information content (AvgIpc) is 3.90. The van der Waals surface area contributed by atoms with Gasteiger partial charge >= 0.3 is 12.2 Å². The van der Waals surface area contributed by atoms with Gasteiger partial charge in [-0.1, -0.05) is 26.8 Å². The number of benzene rings is 2. The Morgan fingerprint density at radius 1 is 1.15 bits per heavy atom. The second kappa shape index (κ2) is 18.1. The molecule has 2 aromatic carbocycles. The number of nitrogens with one attached hydrogen (secondary N) is 1. The maximum absolute atomic E-state index is 15.9. The molecular formula is C37H45F6N7O2S. The number of fused-ring (bicyclic) bond motifs is 3. The van der Waals surface area contributed by atoms with Gasteiger partial charge in [0, 0.05) is 48.6 Å². The second-order valence-electron chi connectivity index (χ2n) is 13.6. The minimum atomic E-state index is -5.00. The number of aromatic nitrogens is 2. The van der Waals surface area contributed by atoms with Gasteiger partial charge in [0.15, 0.2) is 5.82 Å². The number of nitrogens with zero attached hydrogens (tertiary/aromatic N) is 5. The number of carbonyl (C=O) groups excluding carboxylic acids is 1.